The predicted molar refractivity (Wildman–Crippen MR) is 37.9 cm³/mol. The van der Waals surface area contributed by atoms with E-state index in [2.05, 4.69) is 22.3 Å². The number of amides is 1. The lowest BCUT2D eigenvalue weighted by Crippen LogP contribution is -2.13. The van der Waals surface area contributed by atoms with Crippen LogP contribution in [-0.4, -0.2) is 18.5 Å². The maximum atomic E-state index is 10.4. The second-order valence-electron chi connectivity index (χ2n) is 1.15. The van der Waals surface area contributed by atoms with Gasteiger partial charge < -0.3 is 10.1 Å². The van der Waals surface area contributed by atoms with Crippen molar-refractivity contribution >= 4 is 23.7 Å². The lowest BCUT2D eigenvalue weighted by Gasteiger charge is -1.87. The second-order valence-corrected chi connectivity index (χ2v) is 1.34. The third-order valence-corrected chi connectivity index (χ3v) is 0.711. The molecule has 0 unspecified atom stereocenters. The van der Waals surface area contributed by atoms with E-state index >= 15 is 0 Å². The van der Waals surface area contributed by atoms with Gasteiger partial charge >= 0.3 is 0 Å². The van der Waals surface area contributed by atoms with Gasteiger partial charge in [-0.3, -0.25) is 4.79 Å². The Labute approximate surface area is 58.7 Å². The van der Waals surface area contributed by atoms with Crippen LogP contribution < -0.4 is 5.32 Å². The first-order valence-electron chi connectivity index (χ1n) is 2.28. The molecule has 0 atom stereocenters. The number of nitrogens with one attached hydrogen (secondary N) is 1. The number of ether oxygens (including phenoxy) is 1. The molecule has 0 saturated carbocycles. The molecule has 3 nitrogen and oxygen atoms in total. The average Bonchev–Trinajstić information content (AvgIpc) is 1.89. The zero-order valence-electron chi connectivity index (χ0n) is 4.96. The van der Waals surface area contributed by atoms with Gasteiger partial charge in [-0.15, -0.1) is 0 Å². The molecule has 0 aliphatic carbocycles. The van der Waals surface area contributed by atoms with Gasteiger partial charge in [0.1, 0.15) is 0 Å². The molecular weight excluding hydrogens is 138 g/mol. The molecule has 0 aromatic heterocycles. The molecule has 0 aromatic rings. The van der Waals surface area contributed by atoms with E-state index in [1.807, 2.05) is 0 Å². The smallest absolute Gasteiger partial charge is 0.246 e. The zero-order chi connectivity index (χ0) is 7.11. The number of hydrogen-bond acceptors (Lipinski definition) is 3. The van der Waals surface area contributed by atoms with Crippen molar-refractivity contribution in [3.63, 3.8) is 0 Å². The topological polar surface area (TPSA) is 38.3 Å². The van der Waals surface area contributed by atoms with Gasteiger partial charge in [0.05, 0.1) is 6.26 Å². The van der Waals surface area contributed by atoms with Crippen LogP contribution in [-0.2, 0) is 9.53 Å². The SMILES string of the molecule is CNC(=O)C=COC=S. The number of rotatable bonds is 3. The maximum Gasteiger partial charge on any atom is 0.246 e. The predicted octanol–water partition coefficient (Wildman–Crippen LogP) is 0.220. The largest absolute Gasteiger partial charge is 0.461 e. The van der Waals surface area contributed by atoms with Crippen LogP contribution in [0.15, 0.2) is 12.3 Å². The Kier molecular flexibility index (Phi) is 4.72. The highest BCUT2D eigenvalue weighted by Gasteiger charge is 1.84. The van der Waals surface area contributed by atoms with Crippen LogP contribution in [0, 0.1) is 0 Å². The third kappa shape index (κ3) is 4.96. The summed E-state index contributed by atoms with van der Waals surface area (Å²) in [5, 5.41) is 2.37. The van der Waals surface area contributed by atoms with E-state index in [0.717, 1.165) is 5.55 Å². The summed E-state index contributed by atoms with van der Waals surface area (Å²) < 4.78 is 4.45. The minimum atomic E-state index is -0.216. The van der Waals surface area contributed by atoms with Crippen LogP contribution in [0.1, 0.15) is 0 Å². The molecule has 0 aliphatic rings. The van der Waals surface area contributed by atoms with E-state index in [1.54, 1.807) is 0 Å². The first-order chi connectivity index (χ1) is 4.31. The van der Waals surface area contributed by atoms with Gasteiger partial charge in [0.2, 0.25) is 5.91 Å². The van der Waals surface area contributed by atoms with E-state index in [0.29, 0.717) is 0 Å². The molecule has 0 spiro atoms. The Balaban J connectivity index is 3.43. The van der Waals surface area contributed by atoms with Gasteiger partial charge in [0, 0.05) is 13.1 Å². The molecule has 0 bridgehead atoms. The van der Waals surface area contributed by atoms with Crippen molar-refractivity contribution in [1.82, 2.24) is 5.32 Å². The van der Waals surface area contributed by atoms with Crippen molar-refractivity contribution < 1.29 is 9.53 Å². The zero-order valence-corrected chi connectivity index (χ0v) is 5.77. The summed E-state index contributed by atoms with van der Waals surface area (Å²) >= 11 is 4.31. The molecule has 4 heteroatoms. The lowest BCUT2D eigenvalue weighted by molar-refractivity contribution is -0.116. The van der Waals surface area contributed by atoms with Gasteiger partial charge in [0.15, 0.2) is 5.55 Å². The summed E-state index contributed by atoms with van der Waals surface area (Å²) in [6.07, 6.45) is 2.45. The molecule has 0 radical (unpaired) electrons. The summed E-state index contributed by atoms with van der Waals surface area (Å²) in [5.74, 6) is -0.216. The maximum absolute atomic E-state index is 10.4. The average molecular weight is 145 g/mol. The van der Waals surface area contributed by atoms with Crippen molar-refractivity contribution in [2.45, 2.75) is 0 Å². The fourth-order valence-electron chi connectivity index (χ4n) is 0.216. The van der Waals surface area contributed by atoms with E-state index < -0.39 is 0 Å². The molecule has 1 amide bonds. The molecular formula is C5H7NO2S. The molecule has 0 saturated heterocycles. The molecule has 0 heterocycles. The fourth-order valence-corrected chi connectivity index (χ4v) is 0.281. The third-order valence-electron chi connectivity index (χ3n) is 0.600. The Hall–Kier alpha value is -0.900. The van der Waals surface area contributed by atoms with E-state index in [-0.39, 0.29) is 5.91 Å². The van der Waals surface area contributed by atoms with Gasteiger partial charge in [-0.1, -0.05) is 0 Å². The van der Waals surface area contributed by atoms with Gasteiger partial charge in [-0.05, 0) is 12.2 Å². The monoisotopic (exact) mass is 145 g/mol. The highest BCUT2D eigenvalue weighted by atomic mass is 32.1. The minimum absolute atomic E-state index is 0.216. The van der Waals surface area contributed by atoms with Crippen molar-refractivity contribution in [3.8, 4) is 0 Å². The first-order valence-corrected chi connectivity index (χ1v) is 2.75. The number of carbonyl (C=O) groups excluding carboxylic acids is 1. The van der Waals surface area contributed by atoms with E-state index in [9.17, 15) is 4.79 Å². The Morgan fingerprint density at radius 2 is 2.44 bits per heavy atom. The van der Waals surface area contributed by atoms with Gasteiger partial charge in [-0.2, -0.15) is 0 Å². The highest BCUT2D eigenvalue weighted by Crippen LogP contribution is 1.72. The molecule has 0 aromatic carbocycles. The van der Waals surface area contributed by atoms with Crippen LogP contribution in [0.3, 0.4) is 0 Å². The van der Waals surface area contributed by atoms with Crippen LogP contribution in [0.2, 0.25) is 0 Å². The number of carbonyl (C=O) groups is 1. The summed E-state index contributed by atoms with van der Waals surface area (Å²) in [7, 11) is 1.53. The van der Waals surface area contributed by atoms with Crippen molar-refractivity contribution in [1.29, 1.82) is 0 Å². The molecule has 0 rings (SSSR count). The molecule has 50 valence electrons. The first kappa shape index (κ1) is 8.10. The number of hydrogen-bond donors (Lipinski definition) is 1. The minimum Gasteiger partial charge on any atom is -0.461 e. The molecule has 0 aliphatic heterocycles. The summed E-state index contributed by atoms with van der Waals surface area (Å²) in [5.41, 5.74) is 1.07. The van der Waals surface area contributed by atoms with Crippen LogP contribution in [0.25, 0.3) is 0 Å². The van der Waals surface area contributed by atoms with Crippen molar-refractivity contribution in [3.05, 3.63) is 12.3 Å². The Bertz CT molecular complexity index is 133. The molecule has 9 heavy (non-hydrogen) atoms. The number of thiocarbonyl (C=S) groups is 1. The fraction of sp³-hybridized carbons (Fsp3) is 0.200. The number of likely N-dealkylation sites (N-methyl/N-ethyl adjacent to an activating group) is 1. The van der Waals surface area contributed by atoms with Crippen LogP contribution in [0.5, 0.6) is 0 Å². The van der Waals surface area contributed by atoms with Gasteiger partial charge in [-0.25, -0.2) is 0 Å². The highest BCUT2D eigenvalue weighted by molar-refractivity contribution is 7.78. The van der Waals surface area contributed by atoms with E-state index in [1.165, 1.54) is 19.4 Å². The van der Waals surface area contributed by atoms with Crippen LogP contribution >= 0.6 is 12.2 Å². The Morgan fingerprint density at radius 1 is 1.78 bits per heavy atom. The second kappa shape index (κ2) is 5.24. The molecule has 0 fully saturated rings. The lowest BCUT2D eigenvalue weighted by atomic mass is 10.6. The van der Waals surface area contributed by atoms with Crippen LogP contribution in [0.4, 0.5) is 0 Å². The van der Waals surface area contributed by atoms with Crippen molar-refractivity contribution in [2.75, 3.05) is 7.05 Å². The van der Waals surface area contributed by atoms with E-state index in [4.69, 9.17) is 0 Å². The normalized spacial score (nSPS) is 9.00. The standard InChI is InChI=1S/C5H7NO2S/c1-6-5(7)2-3-8-4-9/h2-4H,1H3,(H,6,7). The summed E-state index contributed by atoms with van der Waals surface area (Å²) in [6.45, 7) is 0. The molecule has 1 N–H and O–H groups in total. The van der Waals surface area contributed by atoms with Gasteiger partial charge in [0.25, 0.3) is 0 Å². The van der Waals surface area contributed by atoms with Crippen molar-refractivity contribution in [2.24, 2.45) is 0 Å². The summed E-state index contributed by atoms with van der Waals surface area (Å²) in [6, 6.07) is 0. The quantitative estimate of drug-likeness (QED) is 0.351. The summed E-state index contributed by atoms with van der Waals surface area (Å²) in [4.78, 5) is 10.4. The Morgan fingerprint density at radius 3 is 2.89 bits per heavy atom.